The monoisotopic (exact) mass is 513 g/mol. The molecule has 1 saturated heterocycles. The van der Waals surface area contributed by atoms with Crippen molar-refractivity contribution in [2.24, 2.45) is 4.99 Å². The lowest BCUT2D eigenvalue weighted by Crippen LogP contribution is -2.29. The molecule has 180 valence electrons. The maximum atomic E-state index is 12.5. The van der Waals surface area contributed by atoms with Gasteiger partial charge in [0.15, 0.2) is 5.17 Å². The van der Waals surface area contributed by atoms with Gasteiger partial charge in [-0.1, -0.05) is 53.2 Å². The molecule has 3 aromatic rings. The minimum absolute atomic E-state index is 0.101. The van der Waals surface area contributed by atoms with Gasteiger partial charge in [0.2, 0.25) is 17.7 Å². The molecule has 12 heteroatoms. The molecule has 1 aliphatic heterocycles. The van der Waals surface area contributed by atoms with E-state index in [2.05, 4.69) is 25.6 Å². The van der Waals surface area contributed by atoms with E-state index in [1.165, 1.54) is 0 Å². The number of aliphatic imine (C=N–C) groups is 1. The molecule has 4 rings (SSSR count). The Kier molecular flexibility index (Phi) is 7.08. The number of amidine groups is 1. The molecule has 2 heterocycles. The van der Waals surface area contributed by atoms with E-state index in [4.69, 9.17) is 11.6 Å². The van der Waals surface area contributed by atoms with Crippen molar-refractivity contribution in [3.05, 3.63) is 91.1 Å². The molecule has 0 bridgehead atoms. The average Bonchev–Trinajstić information content (AvgIpc) is 3.12. The first-order chi connectivity index (χ1) is 16.7. The number of hydrogen-bond donors (Lipinski definition) is 5. The fourth-order valence-electron chi connectivity index (χ4n) is 3.46. The summed E-state index contributed by atoms with van der Waals surface area (Å²) in [7, 11) is 0. The number of anilines is 1. The molecule has 0 aliphatic carbocycles. The molecule has 2 aromatic carbocycles. The third-order valence-electron chi connectivity index (χ3n) is 5.13. The van der Waals surface area contributed by atoms with Gasteiger partial charge in [-0.3, -0.25) is 24.4 Å². The van der Waals surface area contributed by atoms with E-state index in [1.807, 2.05) is 19.1 Å². The Labute approximate surface area is 207 Å². The fraction of sp³-hybridized carbons (Fsp3) is 0.174. The van der Waals surface area contributed by atoms with Crippen LogP contribution in [0.3, 0.4) is 0 Å². The molecule has 0 radical (unpaired) electrons. The quantitative estimate of drug-likeness (QED) is 0.341. The number of benzene rings is 2. The van der Waals surface area contributed by atoms with Gasteiger partial charge in [-0.25, -0.2) is 9.79 Å². The zero-order valence-electron chi connectivity index (χ0n) is 18.3. The Morgan fingerprint density at radius 1 is 1.17 bits per heavy atom. The molecule has 1 aliphatic rings. The summed E-state index contributed by atoms with van der Waals surface area (Å²) in [5, 5.41) is 15.4. The van der Waals surface area contributed by atoms with Crippen molar-refractivity contribution in [2.45, 2.75) is 24.6 Å². The average molecular weight is 514 g/mol. The molecule has 2 unspecified atom stereocenters. The van der Waals surface area contributed by atoms with Gasteiger partial charge in [-0.05, 0) is 36.8 Å². The lowest BCUT2D eigenvalue weighted by atomic mass is 10.0. The Bertz CT molecular complexity index is 1430. The molecule has 1 fully saturated rings. The lowest BCUT2D eigenvalue weighted by Gasteiger charge is -2.14. The number of nitrogens with zero attached hydrogens (tertiary/aromatic N) is 1. The summed E-state index contributed by atoms with van der Waals surface area (Å²) in [6, 6.07) is 12.6. The number of nitrogens with one attached hydrogen (secondary N) is 4. The summed E-state index contributed by atoms with van der Waals surface area (Å²) in [6.07, 6.45) is -0.101. The van der Waals surface area contributed by atoms with Crippen LogP contribution in [0.1, 0.15) is 29.2 Å². The summed E-state index contributed by atoms with van der Waals surface area (Å²) < 4.78 is 0. The number of thioether (sulfide) groups is 1. The maximum Gasteiger partial charge on any atom is 0.328 e. The fourth-order valence-corrected chi connectivity index (χ4v) is 4.65. The van der Waals surface area contributed by atoms with Gasteiger partial charge in [0.25, 0.3) is 5.56 Å². The van der Waals surface area contributed by atoms with Crippen LogP contribution in [0, 0.1) is 6.92 Å². The highest BCUT2D eigenvalue weighted by Crippen LogP contribution is 2.32. The standard InChI is InChI=1S/C23H20ClN5O5S/c1-11-5-7-14(8-6-11)25-16(30)10-15-19(31)29-23(35-15)26-18(12-3-2-4-13(24)9-12)17-20(32)27-22(34)28-21(17)33/h2-9,15,18H,10H2,1H3,(H,25,30)(H,26,29,31)(H3,27,28,32,33,34). The van der Waals surface area contributed by atoms with Gasteiger partial charge in [-0.2, -0.15) is 0 Å². The zero-order chi connectivity index (χ0) is 25.1. The van der Waals surface area contributed by atoms with E-state index in [-0.39, 0.29) is 23.1 Å². The van der Waals surface area contributed by atoms with Crippen molar-refractivity contribution >= 4 is 46.0 Å². The van der Waals surface area contributed by atoms with Gasteiger partial charge in [0, 0.05) is 17.1 Å². The highest BCUT2D eigenvalue weighted by atomic mass is 35.5. The number of aryl methyl sites for hydroxylation is 1. The number of amides is 2. The first-order valence-corrected chi connectivity index (χ1v) is 11.7. The second-order valence-corrected chi connectivity index (χ2v) is 9.40. The number of halogens is 1. The van der Waals surface area contributed by atoms with Crippen molar-refractivity contribution < 1.29 is 14.7 Å². The van der Waals surface area contributed by atoms with Crippen molar-refractivity contribution in [2.75, 3.05) is 5.32 Å². The van der Waals surface area contributed by atoms with Crippen LogP contribution in [0.4, 0.5) is 5.69 Å². The SMILES string of the molecule is Cc1ccc(NC(=O)CC2SC(=NC(c3cccc(Cl)c3)c3c(O)[nH]c(=O)[nH]c3=O)NC2=O)cc1. The van der Waals surface area contributed by atoms with Crippen LogP contribution >= 0.6 is 23.4 Å². The van der Waals surface area contributed by atoms with E-state index in [0.29, 0.717) is 16.3 Å². The van der Waals surface area contributed by atoms with Gasteiger partial charge < -0.3 is 15.7 Å². The first kappa shape index (κ1) is 24.3. The molecule has 2 atom stereocenters. The molecule has 1 aromatic heterocycles. The molecule has 10 nitrogen and oxygen atoms in total. The van der Waals surface area contributed by atoms with E-state index in [1.54, 1.807) is 36.4 Å². The number of aromatic hydroxyl groups is 1. The Balaban J connectivity index is 1.59. The molecule has 2 amide bonds. The Hall–Kier alpha value is -3.83. The second-order valence-electron chi connectivity index (χ2n) is 7.78. The Morgan fingerprint density at radius 3 is 2.60 bits per heavy atom. The van der Waals surface area contributed by atoms with Crippen LogP contribution in [-0.4, -0.2) is 37.3 Å². The topological polar surface area (TPSA) is 157 Å². The summed E-state index contributed by atoms with van der Waals surface area (Å²) in [5.74, 6) is -1.42. The third-order valence-corrected chi connectivity index (χ3v) is 6.46. The summed E-state index contributed by atoms with van der Waals surface area (Å²) in [6.45, 7) is 1.93. The van der Waals surface area contributed by atoms with Gasteiger partial charge >= 0.3 is 5.69 Å². The summed E-state index contributed by atoms with van der Waals surface area (Å²) in [4.78, 5) is 57.7. The van der Waals surface area contributed by atoms with Crippen LogP contribution < -0.4 is 21.9 Å². The molecular formula is C23H20ClN5O5S. The lowest BCUT2D eigenvalue weighted by molar-refractivity contribution is -0.122. The number of carbonyl (C=O) groups is 2. The van der Waals surface area contributed by atoms with Crippen LogP contribution in [0.15, 0.2) is 63.1 Å². The molecular weight excluding hydrogens is 494 g/mol. The molecule has 0 spiro atoms. The van der Waals surface area contributed by atoms with Gasteiger partial charge in [0.05, 0.1) is 0 Å². The van der Waals surface area contributed by atoms with Crippen molar-refractivity contribution in [3.63, 3.8) is 0 Å². The van der Waals surface area contributed by atoms with Crippen LogP contribution in [-0.2, 0) is 9.59 Å². The Morgan fingerprint density at radius 2 is 1.91 bits per heavy atom. The molecule has 5 N–H and O–H groups in total. The summed E-state index contributed by atoms with van der Waals surface area (Å²) >= 11 is 7.13. The van der Waals surface area contributed by atoms with E-state index in [9.17, 15) is 24.3 Å². The van der Waals surface area contributed by atoms with Gasteiger partial charge in [-0.15, -0.1) is 0 Å². The first-order valence-electron chi connectivity index (χ1n) is 10.4. The van der Waals surface area contributed by atoms with Crippen molar-refractivity contribution in [1.29, 1.82) is 0 Å². The van der Waals surface area contributed by atoms with Crippen LogP contribution in [0.25, 0.3) is 0 Å². The van der Waals surface area contributed by atoms with E-state index < -0.39 is 34.3 Å². The summed E-state index contributed by atoms with van der Waals surface area (Å²) in [5.41, 5.74) is 0.159. The highest BCUT2D eigenvalue weighted by molar-refractivity contribution is 8.15. The van der Waals surface area contributed by atoms with Crippen LogP contribution in [0.5, 0.6) is 5.88 Å². The number of rotatable bonds is 6. The normalized spacial score (nSPS) is 17.3. The van der Waals surface area contributed by atoms with Crippen LogP contribution in [0.2, 0.25) is 5.02 Å². The zero-order valence-corrected chi connectivity index (χ0v) is 19.9. The minimum Gasteiger partial charge on any atom is -0.494 e. The predicted molar refractivity (Wildman–Crippen MR) is 134 cm³/mol. The van der Waals surface area contributed by atoms with E-state index >= 15 is 0 Å². The number of hydrogen-bond acceptors (Lipinski definition) is 7. The highest BCUT2D eigenvalue weighted by Gasteiger charge is 2.33. The third kappa shape index (κ3) is 5.81. The number of aromatic amines is 2. The smallest absolute Gasteiger partial charge is 0.328 e. The predicted octanol–water partition coefficient (Wildman–Crippen LogP) is 2.44. The number of carbonyl (C=O) groups excluding carboxylic acids is 2. The number of H-pyrrole nitrogens is 2. The minimum atomic E-state index is -1.10. The molecule has 35 heavy (non-hydrogen) atoms. The van der Waals surface area contributed by atoms with Crippen molar-refractivity contribution in [1.82, 2.24) is 15.3 Å². The maximum absolute atomic E-state index is 12.5. The number of aromatic nitrogens is 2. The largest absolute Gasteiger partial charge is 0.494 e. The molecule has 0 saturated carbocycles. The van der Waals surface area contributed by atoms with Gasteiger partial charge in [0.1, 0.15) is 16.9 Å². The second kappa shape index (κ2) is 10.2. The van der Waals surface area contributed by atoms with Crippen molar-refractivity contribution in [3.8, 4) is 5.88 Å². The van der Waals surface area contributed by atoms with E-state index in [0.717, 1.165) is 17.3 Å².